The van der Waals surface area contributed by atoms with Crippen LogP contribution < -0.4 is 0 Å². The van der Waals surface area contributed by atoms with Crippen molar-refractivity contribution in [2.75, 3.05) is 19.7 Å². The van der Waals surface area contributed by atoms with Crippen molar-refractivity contribution in [2.45, 2.75) is 39.7 Å². The molecular formula is C21H25NO5. The minimum Gasteiger partial charge on any atom is -0.463 e. The van der Waals surface area contributed by atoms with Crippen LogP contribution in [0.15, 0.2) is 35.0 Å². The molecule has 6 nitrogen and oxygen atoms in total. The van der Waals surface area contributed by atoms with Crippen LogP contribution in [-0.2, 0) is 9.47 Å². The third-order valence-corrected chi connectivity index (χ3v) is 4.30. The fraction of sp³-hybridized carbons (Fsp3) is 0.429. The van der Waals surface area contributed by atoms with Gasteiger partial charge in [0.1, 0.15) is 23.0 Å². The first kappa shape index (κ1) is 19.0. The zero-order chi connectivity index (χ0) is 19.6. The Morgan fingerprint density at radius 3 is 2.67 bits per heavy atom. The number of nitrogens with zero attached hydrogens (tertiary/aromatic N) is 1. The molecule has 0 saturated carbocycles. The first-order chi connectivity index (χ1) is 12.8. The van der Waals surface area contributed by atoms with Crippen LogP contribution in [0.5, 0.6) is 0 Å². The van der Waals surface area contributed by atoms with Crippen LogP contribution in [0.2, 0.25) is 0 Å². The highest BCUT2D eigenvalue weighted by molar-refractivity contribution is 6.03. The topological polar surface area (TPSA) is 69.0 Å². The summed E-state index contributed by atoms with van der Waals surface area (Å²) in [6.07, 6.45) is 3.91. The number of ether oxygens (including phenoxy) is 2. The van der Waals surface area contributed by atoms with Gasteiger partial charge in [0, 0.05) is 18.5 Å². The van der Waals surface area contributed by atoms with Crippen molar-refractivity contribution in [1.82, 2.24) is 4.90 Å². The van der Waals surface area contributed by atoms with Crippen LogP contribution in [0, 0.1) is 0 Å². The van der Waals surface area contributed by atoms with Gasteiger partial charge in [-0.2, -0.15) is 0 Å². The first-order valence-electron chi connectivity index (χ1n) is 9.14. The molecule has 144 valence electrons. The van der Waals surface area contributed by atoms with Gasteiger partial charge in [-0.1, -0.05) is 12.1 Å². The summed E-state index contributed by atoms with van der Waals surface area (Å²) in [4.78, 5) is 25.8. The van der Waals surface area contributed by atoms with Crippen molar-refractivity contribution in [3.05, 3.63) is 41.7 Å². The normalized spacial score (nSPS) is 14.8. The Balaban J connectivity index is 1.75. The molecular weight excluding hydrogens is 346 g/mol. The molecule has 0 fully saturated rings. The van der Waals surface area contributed by atoms with Crippen molar-refractivity contribution in [2.24, 2.45) is 0 Å². The van der Waals surface area contributed by atoms with E-state index in [9.17, 15) is 9.59 Å². The number of benzene rings is 1. The SMILES string of the molecule is CCOC(=O)c1coc2cc(C3=CCN(C(=O)OC(C)(C)C)CC3)ccc12. The smallest absolute Gasteiger partial charge is 0.410 e. The predicted octanol–water partition coefficient (Wildman–Crippen LogP) is 4.63. The highest BCUT2D eigenvalue weighted by Crippen LogP contribution is 2.29. The van der Waals surface area contributed by atoms with Crippen LogP contribution in [-0.4, -0.2) is 42.3 Å². The number of esters is 1. The second-order valence-corrected chi connectivity index (χ2v) is 7.49. The zero-order valence-electron chi connectivity index (χ0n) is 16.2. The Hall–Kier alpha value is -2.76. The Morgan fingerprint density at radius 1 is 1.26 bits per heavy atom. The number of hydrogen-bond donors (Lipinski definition) is 0. The lowest BCUT2D eigenvalue weighted by Gasteiger charge is -2.29. The van der Waals surface area contributed by atoms with Crippen molar-refractivity contribution in [1.29, 1.82) is 0 Å². The number of furan rings is 1. The van der Waals surface area contributed by atoms with Gasteiger partial charge in [-0.15, -0.1) is 0 Å². The number of amides is 1. The van der Waals surface area contributed by atoms with E-state index in [0.717, 1.165) is 22.9 Å². The van der Waals surface area contributed by atoms with E-state index in [0.29, 0.717) is 30.8 Å². The highest BCUT2D eigenvalue weighted by atomic mass is 16.6. The molecule has 0 atom stereocenters. The summed E-state index contributed by atoms with van der Waals surface area (Å²) in [5.74, 6) is -0.381. The van der Waals surface area contributed by atoms with Gasteiger partial charge in [0.25, 0.3) is 0 Å². The third kappa shape index (κ3) is 4.32. The van der Waals surface area contributed by atoms with Gasteiger partial charge >= 0.3 is 12.1 Å². The maximum Gasteiger partial charge on any atom is 0.410 e. The summed E-state index contributed by atoms with van der Waals surface area (Å²) >= 11 is 0. The fourth-order valence-corrected chi connectivity index (χ4v) is 3.02. The number of carbonyl (C=O) groups excluding carboxylic acids is 2. The van der Waals surface area contributed by atoms with Crippen LogP contribution in [0.4, 0.5) is 4.79 Å². The molecule has 1 aromatic carbocycles. The molecule has 0 aliphatic carbocycles. The third-order valence-electron chi connectivity index (χ3n) is 4.30. The zero-order valence-corrected chi connectivity index (χ0v) is 16.2. The van der Waals surface area contributed by atoms with Gasteiger partial charge in [0.15, 0.2) is 0 Å². The minimum atomic E-state index is -0.498. The van der Waals surface area contributed by atoms with Gasteiger partial charge in [0.05, 0.1) is 6.61 Å². The molecule has 0 unspecified atom stereocenters. The van der Waals surface area contributed by atoms with Crippen LogP contribution in [0.3, 0.4) is 0 Å². The molecule has 2 aromatic rings. The van der Waals surface area contributed by atoms with E-state index in [1.54, 1.807) is 11.8 Å². The van der Waals surface area contributed by atoms with Crippen molar-refractivity contribution < 1.29 is 23.5 Å². The van der Waals surface area contributed by atoms with E-state index in [4.69, 9.17) is 13.9 Å². The summed E-state index contributed by atoms with van der Waals surface area (Å²) in [5, 5.41) is 0.740. The van der Waals surface area contributed by atoms with Gasteiger partial charge in [0.2, 0.25) is 0 Å². The highest BCUT2D eigenvalue weighted by Gasteiger charge is 2.24. The number of carbonyl (C=O) groups is 2. The number of fused-ring (bicyclic) bond motifs is 1. The second-order valence-electron chi connectivity index (χ2n) is 7.49. The molecule has 0 saturated heterocycles. The summed E-state index contributed by atoms with van der Waals surface area (Å²) in [6.45, 7) is 8.79. The molecule has 6 heteroatoms. The molecule has 2 heterocycles. The molecule has 1 amide bonds. The fourth-order valence-electron chi connectivity index (χ4n) is 3.02. The average molecular weight is 371 g/mol. The molecule has 0 spiro atoms. The average Bonchev–Trinajstić information content (AvgIpc) is 3.04. The van der Waals surface area contributed by atoms with Crippen molar-refractivity contribution in [3.63, 3.8) is 0 Å². The van der Waals surface area contributed by atoms with Gasteiger partial charge < -0.3 is 18.8 Å². The Labute approximate surface area is 158 Å². The quantitative estimate of drug-likeness (QED) is 0.736. The van der Waals surface area contributed by atoms with Crippen molar-refractivity contribution in [3.8, 4) is 0 Å². The van der Waals surface area contributed by atoms with E-state index in [1.807, 2.05) is 45.0 Å². The summed E-state index contributed by atoms with van der Waals surface area (Å²) in [7, 11) is 0. The van der Waals surface area contributed by atoms with Crippen molar-refractivity contribution >= 4 is 28.6 Å². The van der Waals surface area contributed by atoms with Gasteiger partial charge in [-0.3, -0.25) is 0 Å². The van der Waals surface area contributed by atoms with E-state index in [2.05, 4.69) is 0 Å². The lowest BCUT2D eigenvalue weighted by atomic mass is 9.98. The molecule has 27 heavy (non-hydrogen) atoms. The number of rotatable bonds is 3. The molecule has 0 N–H and O–H groups in total. The summed E-state index contributed by atoms with van der Waals surface area (Å²) in [5.41, 5.74) is 2.75. The second kappa shape index (κ2) is 7.47. The molecule has 0 bridgehead atoms. The lowest BCUT2D eigenvalue weighted by molar-refractivity contribution is 0.0270. The Bertz CT molecular complexity index is 888. The molecule has 1 aliphatic rings. The molecule has 1 aliphatic heterocycles. The van der Waals surface area contributed by atoms with Gasteiger partial charge in [-0.05, 0) is 57.4 Å². The predicted molar refractivity (Wildman–Crippen MR) is 103 cm³/mol. The standard InChI is InChI=1S/C21H25NO5/c1-5-25-19(23)17-13-26-18-12-15(6-7-16(17)18)14-8-10-22(11-9-14)20(24)27-21(2,3)4/h6-8,12-13H,5,9-11H2,1-4H3. The minimum absolute atomic E-state index is 0.293. The van der Waals surface area contributed by atoms with Gasteiger partial charge in [-0.25, -0.2) is 9.59 Å². The van der Waals surface area contributed by atoms with Crippen LogP contribution in [0.25, 0.3) is 16.5 Å². The lowest BCUT2D eigenvalue weighted by Crippen LogP contribution is -2.39. The monoisotopic (exact) mass is 371 g/mol. The van der Waals surface area contributed by atoms with Crippen LogP contribution >= 0.6 is 0 Å². The van der Waals surface area contributed by atoms with E-state index < -0.39 is 5.60 Å². The summed E-state index contributed by atoms with van der Waals surface area (Å²) in [6, 6.07) is 5.77. The molecule has 0 radical (unpaired) electrons. The maximum atomic E-state index is 12.2. The maximum absolute atomic E-state index is 12.2. The summed E-state index contributed by atoms with van der Waals surface area (Å²) < 4.78 is 16.0. The van der Waals surface area contributed by atoms with E-state index >= 15 is 0 Å². The van der Waals surface area contributed by atoms with E-state index in [-0.39, 0.29) is 12.1 Å². The van der Waals surface area contributed by atoms with E-state index in [1.165, 1.54) is 6.26 Å². The van der Waals surface area contributed by atoms with Crippen LogP contribution in [0.1, 0.15) is 50.0 Å². The Kier molecular flexibility index (Phi) is 5.26. The first-order valence-corrected chi connectivity index (χ1v) is 9.14. The number of hydrogen-bond acceptors (Lipinski definition) is 5. The molecule has 3 rings (SSSR count). The molecule has 1 aromatic heterocycles. The Morgan fingerprint density at radius 2 is 2.04 bits per heavy atom. The largest absolute Gasteiger partial charge is 0.463 e.